The van der Waals surface area contributed by atoms with Crippen molar-refractivity contribution >= 4 is 12.2 Å². The van der Waals surface area contributed by atoms with Gasteiger partial charge in [0.2, 0.25) is 0 Å². The lowest BCUT2D eigenvalue weighted by Crippen LogP contribution is -2.32. The largest absolute Gasteiger partial charge is 0.453 e. The van der Waals surface area contributed by atoms with Crippen LogP contribution in [0.4, 0.5) is 0 Å². The van der Waals surface area contributed by atoms with Gasteiger partial charge in [0, 0.05) is 5.56 Å². The van der Waals surface area contributed by atoms with Gasteiger partial charge >= 0.3 is 0 Å². The molecule has 0 radical (unpaired) electrons. The van der Waals surface area contributed by atoms with Crippen LogP contribution in [0.3, 0.4) is 0 Å². The predicted octanol–water partition coefficient (Wildman–Crippen LogP) is 1.99. The van der Waals surface area contributed by atoms with Crippen LogP contribution >= 0.6 is 0 Å². The van der Waals surface area contributed by atoms with Crippen LogP contribution in [-0.4, -0.2) is 4.98 Å². The highest BCUT2D eigenvalue weighted by molar-refractivity contribution is 5.62. The highest BCUT2D eigenvalue weighted by Crippen LogP contribution is 2.41. The zero-order chi connectivity index (χ0) is 14.4. The van der Waals surface area contributed by atoms with Gasteiger partial charge in [-0.05, 0) is 49.8 Å². The Bertz CT molecular complexity index is 816. The minimum absolute atomic E-state index is 0.0228. The fraction of sp³-hybridized carbons (Fsp3) is 0.412. The van der Waals surface area contributed by atoms with E-state index in [0.29, 0.717) is 23.2 Å². The van der Waals surface area contributed by atoms with E-state index in [1.807, 2.05) is 20.8 Å². The number of fused-ring (bicyclic) bond motifs is 3. The van der Waals surface area contributed by atoms with Gasteiger partial charge < -0.3 is 4.42 Å². The standard InChI is InChI=1S/C15H13NO2.C2H6/c1-7-3-12(17)8(2)15-14(7)16-11-5-9-4-10(9)6-13(11)18-15;1-2/h3,5-6,9-10H,4H2,1-2H3;1-2H3. The molecule has 3 nitrogen and oxygen atoms in total. The van der Waals surface area contributed by atoms with Crippen LogP contribution in [0.2, 0.25) is 0 Å². The molecule has 1 aliphatic heterocycles. The topological polar surface area (TPSA) is 43.1 Å². The van der Waals surface area contributed by atoms with Crippen LogP contribution in [-0.2, 0) is 0 Å². The second-order valence-corrected chi connectivity index (χ2v) is 5.35. The molecule has 0 saturated heterocycles. The van der Waals surface area contributed by atoms with Crippen LogP contribution in [0.25, 0.3) is 23.6 Å². The average molecular weight is 269 g/mol. The SMILES string of the molecule is CC.Cc1cc(=O)c(C)c2oc3c(nc1-2)=CC1CC1C=3. The molecule has 0 N–H and O–H groups in total. The highest BCUT2D eigenvalue weighted by Gasteiger charge is 2.35. The Kier molecular flexibility index (Phi) is 3.00. The molecule has 3 aliphatic carbocycles. The van der Waals surface area contributed by atoms with Crippen molar-refractivity contribution in [1.82, 2.24) is 4.98 Å². The fourth-order valence-electron chi connectivity index (χ4n) is 2.70. The molecule has 3 heteroatoms. The summed E-state index contributed by atoms with van der Waals surface area (Å²) in [4.78, 5) is 16.5. The van der Waals surface area contributed by atoms with E-state index in [4.69, 9.17) is 4.42 Å². The molecule has 1 heterocycles. The van der Waals surface area contributed by atoms with Gasteiger partial charge in [-0.3, -0.25) is 4.79 Å². The summed E-state index contributed by atoms with van der Waals surface area (Å²) in [5.41, 5.74) is 3.20. The maximum Gasteiger partial charge on any atom is 0.185 e. The van der Waals surface area contributed by atoms with Crippen molar-refractivity contribution in [1.29, 1.82) is 0 Å². The molecule has 2 unspecified atom stereocenters. The first-order valence-electron chi connectivity index (χ1n) is 7.28. The number of hydrogen-bond donors (Lipinski definition) is 0. The molecule has 104 valence electrons. The summed E-state index contributed by atoms with van der Waals surface area (Å²) in [6.07, 6.45) is 5.55. The Morgan fingerprint density at radius 3 is 2.65 bits per heavy atom. The molecule has 1 saturated carbocycles. The van der Waals surface area contributed by atoms with E-state index in [9.17, 15) is 4.79 Å². The van der Waals surface area contributed by atoms with Gasteiger partial charge in [0.25, 0.3) is 0 Å². The van der Waals surface area contributed by atoms with Crippen LogP contribution in [0.15, 0.2) is 15.3 Å². The Morgan fingerprint density at radius 1 is 1.20 bits per heavy atom. The highest BCUT2D eigenvalue weighted by atomic mass is 16.3. The lowest BCUT2D eigenvalue weighted by atomic mass is 10.0. The molecule has 1 fully saturated rings. The van der Waals surface area contributed by atoms with Gasteiger partial charge in [-0.2, -0.15) is 0 Å². The third-order valence-electron chi connectivity index (χ3n) is 3.97. The quantitative estimate of drug-likeness (QED) is 0.734. The number of aromatic nitrogens is 1. The van der Waals surface area contributed by atoms with E-state index in [1.54, 1.807) is 13.0 Å². The van der Waals surface area contributed by atoms with Gasteiger partial charge in [0.1, 0.15) is 16.5 Å². The van der Waals surface area contributed by atoms with Crippen LogP contribution in [0, 0.1) is 25.7 Å². The van der Waals surface area contributed by atoms with Gasteiger partial charge in [-0.15, -0.1) is 0 Å². The second kappa shape index (κ2) is 4.58. The average Bonchev–Trinajstić information content (AvgIpc) is 3.21. The first kappa shape index (κ1) is 13.1. The minimum Gasteiger partial charge on any atom is -0.453 e. The molecule has 0 aromatic carbocycles. The zero-order valence-electron chi connectivity index (χ0n) is 12.4. The molecule has 0 amide bonds. The number of nitrogens with zero attached hydrogens (tertiary/aromatic N) is 1. The molecule has 4 rings (SSSR count). The van der Waals surface area contributed by atoms with Crippen LogP contribution < -0.4 is 16.2 Å². The first-order chi connectivity index (χ1) is 9.63. The second-order valence-electron chi connectivity index (χ2n) is 5.35. The Labute approximate surface area is 118 Å². The molecule has 4 aliphatic rings. The predicted molar refractivity (Wildman–Crippen MR) is 80.0 cm³/mol. The van der Waals surface area contributed by atoms with E-state index in [2.05, 4.69) is 17.1 Å². The monoisotopic (exact) mass is 269 g/mol. The summed E-state index contributed by atoms with van der Waals surface area (Å²) in [5, 5.41) is 0.933. The Balaban J connectivity index is 0.000000581. The van der Waals surface area contributed by atoms with Crippen LogP contribution in [0.1, 0.15) is 31.4 Å². The van der Waals surface area contributed by atoms with Crippen molar-refractivity contribution in [2.75, 3.05) is 0 Å². The maximum absolute atomic E-state index is 11.8. The third-order valence-corrected chi connectivity index (χ3v) is 3.97. The zero-order valence-corrected chi connectivity index (χ0v) is 12.4. The summed E-state index contributed by atoms with van der Waals surface area (Å²) in [5.74, 6) is 1.91. The van der Waals surface area contributed by atoms with Crippen molar-refractivity contribution in [2.24, 2.45) is 11.8 Å². The Morgan fingerprint density at radius 2 is 1.90 bits per heavy atom. The van der Waals surface area contributed by atoms with Gasteiger partial charge in [-0.25, -0.2) is 4.98 Å². The van der Waals surface area contributed by atoms with E-state index in [1.165, 1.54) is 6.42 Å². The maximum atomic E-state index is 11.8. The molecule has 2 atom stereocenters. The van der Waals surface area contributed by atoms with E-state index in [-0.39, 0.29) is 5.43 Å². The lowest BCUT2D eigenvalue weighted by molar-refractivity contribution is 0.505. The van der Waals surface area contributed by atoms with Crippen LogP contribution in [0.5, 0.6) is 0 Å². The molecular formula is C17H19NO2. The van der Waals surface area contributed by atoms with Gasteiger partial charge in [0.15, 0.2) is 11.2 Å². The molecule has 0 aromatic rings. The lowest BCUT2D eigenvalue weighted by Gasteiger charge is -2.10. The summed E-state index contributed by atoms with van der Waals surface area (Å²) >= 11 is 0. The van der Waals surface area contributed by atoms with Crippen molar-refractivity contribution < 1.29 is 4.42 Å². The summed E-state index contributed by atoms with van der Waals surface area (Å²) < 4.78 is 5.92. The summed E-state index contributed by atoms with van der Waals surface area (Å²) in [7, 11) is 0. The number of aryl methyl sites for hydroxylation is 1. The molecule has 0 bridgehead atoms. The number of benzene rings is 1. The van der Waals surface area contributed by atoms with E-state index in [0.717, 1.165) is 22.0 Å². The molecule has 0 spiro atoms. The van der Waals surface area contributed by atoms with Crippen molar-refractivity contribution in [3.8, 4) is 11.5 Å². The first-order valence-corrected chi connectivity index (χ1v) is 7.28. The van der Waals surface area contributed by atoms with Gasteiger partial charge in [0.05, 0.1) is 0 Å². The molecule has 0 aromatic heterocycles. The van der Waals surface area contributed by atoms with E-state index >= 15 is 0 Å². The van der Waals surface area contributed by atoms with Crippen molar-refractivity contribution in [3.05, 3.63) is 38.2 Å². The summed E-state index contributed by atoms with van der Waals surface area (Å²) in [6.45, 7) is 7.71. The Hall–Kier alpha value is -1.90. The van der Waals surface area contributed by atoms with Crippen molar-refractivity contribution in [3.63, 3.8) is 0 Å². The third kappa shape index (κ3) is 1.89. The summed E-state index contributed by atoms with van der Waals surface area (Å²) in [6, 6.07) is 1.64. The molecular weight excluding hydrogens is 250 g/mol. The smallest absolute Gasteiger partial charge is 0.185 e. The van der Waals surface area contributed by atoms with E-state index < -0.39 is 0 Å². The normalized spacial score (nSPS) is 21.8. The molecule has 20 heavy (non-hydrogen) atoms. The van der Waals surface area contributed by atoms with Gasteiger partial charge in [-0.1, -0.05) is 19.9 Å². The minimum atomic E-state index is 0.0228. The van der Waals surface area contributed by atoms with Crippen molar-refractivity contribution in [2.45, 2.75) is 34.1 Å². The number of rotatable bonds is 0. The fourth-order valence-corrected chi connectivity index (χ4v) is 2.70. The number of hydrogen-bond acceptors (Lipinski definition) is 3.